The number of hydrogen-bond acceptors (Lipinski definition) is 1. The van der Waals surface area contributed by atoms with Crippen LogP contribution in [0.15, 0.2) is 24.3 Å². The Morgan fingerprint density at radius 2 is 2.06 bits per heavy atom. The smallest absolute Gasteiger partial charge is 0.0345 e. The van der Waals surface area contributed by atoms with Gasteiger partial charge in [-0.1, -0.05) is 32.4 Å². The molecule has 0 aliphatic heterocycles. The molecule has 3 rings (SSSR count). The minimum Gasteiger partial charge on any atom is -0.382 e. The summed E-state index contributed by atoms with van der Waals surface area (Å²) in [4.78, 5) is 0. The van der Waals surface area contributed by atoms with Crippen LogP contribution in [0.4, 0.5) is 5.69 Å². The number of fused-ring (bicyclic) bond motifs is 2. The fourth-order valence-electron chi connectivity index (χ4n) is 3.62. The summed E-state index contributed by atoms with van der Waals surface area (Å²) >= 11 is 0. The van der Waals surface area contributed by atoms with Gasteiger partial charge in [0.2, 0.25) is 0 Å². The molecule has 1 aromatic rings. The Labute approximate surface area is 105 Å². The van der Waals surface area contributed by atoms with Crippen LogP contribution in [0.2, 0.25) is 0 Å². The molecule has 1 aromatic carbocycles. The van der Waals surface area contributed by atoms with Gasteiger partial charge in [0.15, 0.2) is 0 Å². The van der Waals surface area contributed by atoms with Crippen molar-refractivity contribution in [3.8, 4) is 0 Å². The van der Waals surface area contributed by atoms with Gasteiger partial charge in [0.1, 0.15) is 0 Å². The molecular weight excluding hydrogens is 206 g/mol. The minimum absolute atomic E-state index is 0.622. The Balaban J connectivity index is 1.70. The average Bonchev–Trinajstić information content (AvgIpc) is 2.91. The summed E-state index contributed by atoms with van der Waals surface area (Å²) in [5.41, 5.74) is 2.77. The molecule has 3 unspecified atom stereocenters. The van der Waals surface area contributed by atoms with Crippen molar-refractivity contribution in [3.05, 3.63) is 29.8 Å². The number of benzene rings is 1. The van der Waals surface area contributed by atoms with Crippen LogP contribution in [0.5, 0.6) is 0 Å². The Morgan fingerprint density at radius 3 is 2.71 bits per heavy atom. The van der Waals surface area contributed by atoms with Crippen LogP contribution in [-0.2, 0) is 0 Å². The van der Waals surface area contributed by atoms with Gasteiger partial charge in [-0.2, -0.15) is 0 Å². The highest BCUT2D eigenvalue weighted by Gasteiger charge is 2.39. The normalized spacial score (nSPS) is 31.1. The Morgan fingerprint density at radius 1 is 1.18 bits per heavy atom. The van der Waals surface area contributed by atoms with Crippen LogP contribution in [0.25, 0.3) is 0 Å². The SMILES string of the molecule is CC(C)c1cccc(NC2CC3CCC2C3)c1. The van der Waals surface area contributed by atoms with Crippen molar-refractivity contribution in [1.29, 1.82) is 0 Å². The maximum atomic E-state index is 3.77. The number of hydrogen-bond donors (Lipinski definition) is 1. The quantitative estimate of drug-likeness (QED) is 0.809. The van der Waals surface area contributed by atoms with Gasteiger partial charge in [-0.3, -0.25) is 0 Å². The zero-order chi connectivity index (χ0) is 11.8. The van der Waals surface area contributed by atoms with Crippen molar-refractivity contribution in [2.45, 2.75) is 51.5 Å². The maximum absolute atomic E-state index is 3.77. The number of rotatable bonds is 3. The highest BCUT2D eigenvalue weighted by atomic mass is 14.9. The second-order valence-electron chi connectivity index (χ2n) is 6.21. The second kappa shape index (κ2) is 4.36. The van der Waals surface area contributed by atoms with Crippen LogP contribution >= 0.6 is 0 Å². The molecule has 92 valence electrons. The molecule has 2 aliphatic carbocycles. The number of anilines is 1. The maximum Gasteiger partial charge on any atom is 0.0345 e. The third kappa shape index (κ3) is 2.20. The minimum atomic E-state index is 0.622. The standard InChI is InChI=1S/C16H23N/c1-11(2)13-4-3-5-15(10-13)17-16-9-12-6-7-14(16)8-12/h3-5,10-12,14,16-17H,6-9H2,1-2H3. The number of nitrogens with one attached hydrogen (secondary N) is 1. The molecule has 2 fully saturated rings. The van der Waals surface area contributed by atoms with E-state index in [1.165, 1.54) is 36.9 Å². The van der Waals surface area contributed by atoms with Crippen LogP contribution < -0.4 is 5.32 Å². The molecule has 3 atom stereocenters. The van der Waals surface area contributed by atoms with Crippen molar-refractivity contribution in [2.24, 2.45) is 11.8 Å². The van der Waals surface area contributed by atoms with Crippen LogP contribution in [0.3, 0.4) is 0 Å². The summed E-state index contributed by atoms with van der Waals surface area (Å²) < 4.78 is 0. The lowest BCUT2D eigenvalue weighted by atomic mass is 9.95. The topological polar surface area (TPSA) is 12.0 Å². The highest BCUT2D eigenvalue weighted by Crippen LogP contribution is 2.45. The van der Waals surface area contributed by atoms with Gasteiger partial charge in [0.05, 0.1) is 0 Å². The van der Waals surface area contributed by atoms with E-state index in [9.17, 15) is 0 Å². The molecule has 0 amide bonds. The van der Waals surface area contributed by atoms with Gasteiger partial charge in [0, 0.05) is 11.7 Å². The summed E-state index contributed by atoms with van der Waals surface area (Å²) in [7, 11) is 0. The monoisotopic (exact) mass is 229 g/mol. The summed E-state index contributed by atoms with van der Waals surface area (Å²) in [6, 6.07) is 9.71. The van der Waals surface area contributed by atoms with Crippen molar-refractivity contribution >= 4 is 5.69 Å². The van der Waals surface area contributed by atoms with Crippen molar-refractivity contribution in [3.63, 3.8) is 0 Å². The van der Waals surface area contributed by atoms with Crippen molar-refractivity contribution in [2.75, 3.05) is 5.32 Å². The van der Waals surface area contributed by atoms with E-state index in [1.54, 1.807) is 0 Å². The van der Waals surface area contributed by atoms with E-state index >= 15 is 0 Å². The van der Waals surface area contributed by atoms with E-state index in [0.29, 0.717) is 5.92 Å². The molecule has 2 aliphatic rings. The molecule has 2 bridgehead atoms. The summed E-state index contributed by atoms with van der Waals surface area (Å²) in [6.45, 7) is 4.52. The largest absolute Gasteiger partial charge is 0.382 e. The van der Waals surface area contributed by atoms with E-state index in [2.05, 4.69) is 43.4 Å². The molecule has 0 aromatic heterocycles. The van der Waals surface area contributed by atoms with Gasteiger partial charge < -0.3 is 5.32 Å². The average molecular weight is 229 g/mol. The van der Waals surface area contributed by atoms with E-state index in [1.807, 2.05) is 0 Å². The third-order valence-corrected chi connectivity index (χ3v) is 4.64. The van der Waals surface area contributed by atoms with Crippen LogP contribution in [0.1, 0.15) is 51.0 Å². The summed E-state index contributed by atoms with van der Waals surface area (Å²) in [6.07, 6.45) is 5.80. The Hall–Kier alpha value is -0.980. The fourth-order valence-corrected chi connectivity index (χ4v) is 3.62. The zero-order valence-electron chi connectivity index (χ0n) is 10.9. The molecule has 2 saturated carbocycles. The predicted molar refractivity (Wildman–Crippen MR) is 73.4 cm³/mol. The third-order valence-electron chi connectivity index (χ3n) is 4.64. The molecule has 1 heteroatoms. The summed E-state index contributed by atoms with van der Waals surface area (Å²) in [5.74, 6) is 2.59. The fraction of sp³-hybridized carbons (Fsp3) is 0.625. The van der Waals surface area contributed by atoms with E-state index < -0.39 is 0 Å². The van der Waals surface area contributed by atoms with E-state index in [0.717, 1.165) is 17.9 Å². The first-order chi connectivity index (χ1) is 8.22. The molecule has 0 heterocycles. The first-order valence-electron chi connectivity index (χ1n) is 7.09. The Bertz CT molecular complexity index is 396. The van der Waals surface area contributed by atoms with Crippen LogP contribution in [0, 0.1) is 11.8 Å². The predicted octanol–water partition coefficient (Wildman–Crippen LogP) is 4.41. The van der Waals surface area contributed by atoms with E-state index in [-0.39, 0.29) is 0 Å². The lowest BCUT2D eigenvalue weighted by Gasteiger charge is -2.24. The molecule has 1 nitrogen and oxygen atoms in total. The summed E-state index contributed by atoms with van der Waals surface area (Å²) in [5, 5.41) is 3.77. The van der Waals surface area contributed by atoms with Gasteiger partial charge in [-0.15, -0.1) is 0 Å². The molecule has 0 spiro atoms. The lowest BCUT2D eigenvalue weighted by Crippen LogP contribution is -2.25. The molecular formula is C16H23N. The van der Waals surface area contributed by atoms with Gasteiger partial charge in [0.25, 0.3) is 0 Å². The van der Waals surface area contributed by atoms with Crippen molar-refractivity contribution in [1.82, 2.24) is 0 Å². The zero-order valence-corrected chi connectivity index (χ0v) is 10.9. The molecule has 0 radical (unpaired) electrons. The molecule has 0 saturated heterocycles. The second-order valence-corrected chi connectivity index (χ2v) is 6.21. The molecule has 1 N–H and O–H groups in total. The van der Waals surface area contributed by atoms with Crippen molar-refractivity contribution < 1.29 is 0 Å². The first-order valence-corrected chi connectivity index (χ1v) is 7.09. The first kappa shape index (κ1) is 11.1. The van der Waals surface area contributed by atoms with Crippen LogP contribution in [-0.4, -0.2) is 6.04 Å². The van der Waals surface area contributed by atoms with Gasteiger partial charge >= 0.3 is 0 Å². The highest BCUT2D eigenvalue weighted by molar-refractivity contribution is 5.47. The molecule has 17 heavy (non-hydrogen) atoms. The van der Waals surface area contributed by atoms with E-state index in [4.69, 9.17) is 0 Å². The van der Waals surface area contributed by atoms with Gasteiger partial charge in [-0.25, -0.2) is 0 Å². The Kier molecular flexibility index (Phi) is 2.85. The lowest BCUT2D eigenvalue weighted by molar-refractivity contribution is 0.440. The van der Waals surface area contributed by atoms with Gasteiger partial charge in [-0.05, 0) is 54.7 Å².